The maximum absolute atomic E-state index is 13.5. The van der Waals surface area contributed by atoms with Crippen molar-refractivity contribution in [3.05, 3.63) is 82.4 Å². The molecule has 3 aromatic carbocycles. The second-order valence-electron chi connectivity index (χ2n) is 8.98. The normalized spacial score (nSPS) is 15.6. The van der Waals surface area contributed by atoms with Gasteiger partial charge in [0.15, 0.2) is 6.10 Å². The number of rotatable bonds is 6. The zero-order chi connectivity index (χ0) is 24.4. The predicted molar refractivity (Wildman–Crippen MR) is 136 cm³/mol. The van der Waals surface area contributed by atoms with Crippen molar-refractivity contribution in [2.45, 2.75) is 51.0 Å². The van der Waals surface area contributed by atoms with Crippen LogP contribution in [0.15, 0.2) is 70.6 Å². The summed E-state index contributed by atoms with van der Waals surface area (Å²) >= 11 is 0. The van der Waals surface area contributed by atoms with Crippen molar-refractivity contribution < 1.29 is 14.6 Å². The third-order valence-electron chi connectivity index (χ3n) is 6.63. The van der Waals surface area contributed by atoms with Crippen molar-refractivity contribution in [3.8, 4) is 5.75 Å². The molecule has 0 unspecified atom stereocenters. The van der Waals surface area contributed by atoms with Gasteiger partial charge >= 0.3 is 5.97 Å². The standard InChI is InChI=1S/C28H27N3O4/c1-18(28(33)34)35-25-16-15-19-9-5-6-12-21(19)23(25)17-29-31-26(20-10-3-2-4-11-20)30-24-14-8-7-13-22(24)27(31)32/h5-9,12-18,20H,2-4,10-11H2,1H3,(H,33,34)/t18-/m1/s1. The van der Waals surface area contributed by atoms with Crippen LogP contribution in [-0.4, -0.2) is 33.1 Å². The number of aromatic nitrogens is 2. The number of benzene rings is 3. The van der Waals surface area contributed by atoms with Crippen LogP contribution in [0.1, 0.15) is 56.3 Å². The molecule has 1 saturated carbocycles. The number of aliphatic carboxylic acids is 1. The number of fused-ring (bicyclic) bond motifs is 2. The molecule has 7 nitrogen and oxygen atoms in total. The topological polar surface area (TPSA) is 93.8 Å². The molecule has 178 valence electrons. The molecule has 0 bridgehead atoms. The van der Waals surface area contributed by atoms with Gasteiger partial charge in [0.2, 0.25) is 0 Å². The molecule has 35 heavy (non-hydrogen) atoms. The second-order valence-corrected chi connectivity index (χ2v) is 8.98. The lowest BCUT2D eigenvalue weighted by molar-refractivity contribution is -0.144. The van der Waals surface area contributed by atoms with Gasteiger partial charge in [-0.05, 0) is 48.7 Å². The largest absolute Gasteiger partial charge is 0.479 e. The van der Waals surface area contributed by atoms with Crippen molar-refractivity contribution >= 4 is 33.9 Å². The van der Waals surface area contributed by atoms with E-state index in [0.717, 1.165) is 36.5 Å². The molecule has 1 atom stereocenters. The van der Waals surface area contributed by atoms with Gasteiger partial charge in [-0.2, -0.15) is 9.78 Å². The summed E-state index contributed by atoms with van der Waals surface area (Å²) in [6.45, 7) is 1.48. The monoisotopic (exact) mass is 469 g/mol. The van der Waals surface area contributed by atoms with E-state index < -0.39 is 12.1 Å². The third kappa shape index (κ3) is 4.54. The number of para-hydroxylation sites is 1. The SMILES string of the molecule is C[C@@H](Oc1ccc2ccccc2c1C=Nn1c(C2CCCCC2)nc2ccccc2c1=O)C(=O)O. The number of carbonyl (C=O) groups is 1. The van der Waals surface area contributed by atoms with Gasteiger partial charge in [0.25, 0.3) is 5.56 Å². The molecule has 1 aliphatic rings. The van der Waals surface area contributed by atoms with Crippen LogP contribution in [0.4, 0.5) is 0 Å². The molecule has 0 radical (unpaired) electrons. The molecular formula is C28H27N3O4. The minimum Gasteiger partial charge on any atom is -0.479 e. The van der Waals surface area contributed by atoms with Gasteiger partial charge < -0.3 is 9.84 Å². The van der Waals surface area contributed by atoms with Crippen molar-refractivity contribution in [3.63, 3.8) is 0 Å². The summed E-state index contributed by atoms with van der Waals surface area (Å²) in [4.78, 5) is 29.8. The first kappa shape index (κ1) is 22.8. The van der Waals surface area contributed by atoms with Crippen LogP contribution < -0.4 is 10.3 Å². The fourth-order valence-corrected chi connectivity index (χ4v) is 4.75. The van der Waals surface area contributed by atoms with E-state index in [1.165, 1.54) is 18.0 Å². The van der Waals surface area contributed by atoms with E-state index >= 15 is 0 Å². The highest BCUT2D eigenvalue weighted by molar-refractivity contribution is 6.02. The van der Waals surface area contributed by atoms with Gasteiger partial charge in [0.1, 0.15) is 11.6 Å². The first-order valence-corrected chi connectivity index (χ1v) is 12.0. The molecule has 1 aromatic heterocycles. The molecule has 1 heterocycles. The number of hydrogen-bond acceptors (Lipinski definition) is 5. The van der Waals surface area contributed by atoms with Crippen LogP contribution in [0.5, 0.6) is 5.75 Å². The summed E-state index contributed by atoms with van der Waals surface area (Å²) in [5.41, 5.74) is 1.08. The van der Waals surface area contributed by atoms with Crippen LogP contribution >= 0.6 is 0 Å². The second kappa shape index (κ2) is 9.70. The molecule has 0 spiro atoms. The Labute approximate surface area is 202 Å². The number of carboxylic acids is 1. The summed E-state index contributed by atoms with van der Waals surface area (Å²) < 4.78 is 7.18. The summed E-state index contributed by atoms with van der Waals surface area (Å²) in [5, 5.41) is 16.3. The van der Waals surface area contributed by atoms with Crippen LogP contribution in [0.2, 0.25) is 0 Å². The predicted octanol–water partition coefficient (Wildman–Crippen LogP) is 5.33. The van der Waals surface area contributed by atoms with E-state index in [1.54, 1.807) is 18.3 Å². The number of ether oxygens (including phenoxy) is 1. The summed E-state index contributed by atoms with van der Waals surface area (Å²) in [5.74, 6) is 0.165. The molecule has 4 aromatic rings. The minimum atomic E-state index is -1.06. The van der Waals surface area contributed by atoms with E-state index in [4.69, 9.17) is 9.72 Å². The first-order chi connectivity index (χ1) is 17.0. The smallest absolute Gasteiger partial charge is 0.344 e. The summed E-state index contributed by atoms with van der Waals surface area (Å²) in [7, 11) is 0. The zero-order valence-electron chi connectivity index (χ0n) is 19.6. The Morgan fingerprint density at radius 2 is 1.77 bits per heavy atom. The lowest BCUT2D eigenvalue weighted by Gasteiger charge is -2.22. The van der Waals surface area contributed by atoms with Crippen molar-refractivity contribution in [2.75, 3.05) is 0 Å². The van der Waals surface area contributed by atoms with E-state index in [9.17, 15) is 14.7 Å². The molecule has 7 heteroatoms. The van der Waals surface area contributed by atoms with E-state index in [2.05, 4.69) is 5.10 Å². The van der Waals surface area contributed by atoms with E-state index in [0.29, 0.717) is 28.0 Å². The molecule has 0 amide bonds. The lowest BCUT2D eigenvalue weighted by atomic mass is 9.88. The first-order valence-electron chi connectivity index (χ1n) is 12.0. The van der Waals surface area contributed by atoms with Gasteiger partial charge in [0.05, 0.1) is 17.1 Å². The molecule has 0 saturated heterocycles. The number of nitrogens with zero attached hydrogens (tertiary/aromatic N) is 3. The highest BCUT2D eigenvalue weighted by atomic mass is 16.5. The zero-order valence-corrected chi connectivity index (χ0v) is 19.6. The van der Waals surface area contributed by atoms with Crippen LogP contribution in [0.25, 0.3) is 21.7 Å². The number of carboxylic acid groups (broad SMARTS) is 1. The van der Waals surface area contributed by atoms with Gasteiger partial charge in [-0.15, -0.1) is 0 Å². The maximum atomic E-state index is 13.5. The van der Waals surface area contributed by atoms with E-state index in [1.807, 2.05) is 48.5 Å². The highest BCUT2D eigenvalue weighted by Gasteiger charge is 2.23. The summed E-state index contributed by atoms with van der Waals surface area (Å²) in [6, 6.07) is 18.7. The average molecular weight is 470 g/mol. The van der Waals surface area contributed by atoms with Gasteiger partial charge in [-0.25, -0.2) is 9.78 Å². The fraction of sp³-hybridized carbons (Fsp3) is 0.286. The van der Waals surface area contributed by atoms with Crippen LogP contribution in [0, 0.1) is 0 Å². The summed E-state index contributed by atoms with van der Waals surface area (Å²) in [6.07, 6.45) is 5.90. The minimum absolute atomic E-state index is 0.161. The van der Waals surface area contributed by atoms with Crippen molar-refractivity contribution in [1.82, 2.24) is 9.66 Å². The van der Waals surface area contributed by atoms with Gasteiger partial charge in [-0.1, -0.05) is 61.7 Å². The van der Waals surface area contributed by atoms with Gasteiger partial charge in [-0.3, -0.25) is 4.79 Å². The molecule has 5 rings (SSSR count). The Balaban J connectivity index is 1.68. The Kier molecular flexibility index (Phi) is 6.31. The quantitative estimate of drug-likeness (QED) is 0.385. The number of hydrogen-bond donors (Lipinski definition) is 1. The fourth-order valence-electron chi connectivity index (χ4n) is 4.75. The van der Waals surface area contributed by atoms with Crippen molar-refractivity contribution in [1.29, 1.82) is 0 Å². The Bertz CT molecular complexity index is 1490. The average Bonchev–Trinajstić information content (AvgIpc) is 2.89. The molecule has 0 aliphatic heterocycles. The Hall–Kier alpha value is -4.00. The molecular weight excluding hydrogens is 442 g/mol. The lowest BCUT2D eigenvalue weighted by Crippen LogP contribution is -2.25. The Morgan fingerprint density at radius 3 is 2.54 bits per heavy atom. The maximum Gasteiger partial charge on any atom is 0.344 e. The van der Waals surface area contributed by atoms with Gasteiger partial charge in [0, 0.05) is 11.5 Å². The third-order valence-corrected chi connectivity index (χ3v) is 6.63. The van der Waals surface area contributed by atoms with Crippen LogP contribution in [0.3, 0.4) is 0 Å². The highest BCUT2D eigenvalue weighted by Crippen LogP contribution is 2.32. The van der Waals surface area contributed by atoms with Crippen molar-refractivity contribution in [2.24, 2.45) is 5.10 Å². The van der Waals surface area contributed by atoms with Crippen LogP contribution in [-0.2, 0) is 4.79 Å². The molecule has 1 aliphatic carbocycles. The van der Waals surface area contributed by atoms with E-state index in [-0.39, 0.29) is 11.5 Å². The molecule has 1 fully saturated rings. The Morgan fingerprint density at radius 1 is 1.06 bits per heavy atom. The molecule has 1 N–H and O–H groups in total.